The molecule has 0 atom stereocenters. The number of likely N-dealkylation sites (tertiary alicyclic amines) is 1. The van der Waals surface area contributed by atoms with Crippen LogP contribution in [0, 0.1) is 11.8 Å². The zero-order valence-electron chi connectivity index (χ0n) is 19.7. The van der Waals surface area contributed by atoms with Crippen LogP contribution in [0.2, 0.25) is 0 Å². The smallest absolute Gasteiger partial charge is 0.0234 e. The largest absolute Gasteiger partial charge is 0.306 e. The second-order valence-electron chi connectivity index (χ2n) is 9.08. The van der Waals surface area contributed by atoms with E-state index in [2.05, 4.69) is 96.3 Å². The van der Waals surface area contributed by atoms with Crippen LogP contribution in [0.1, 0.15) is 57.4 Å². The van der Waals surface area contributed by atoms with Crippen LogP contribution in [0.15, 0.2) is 66.3 Å². The number of hydrogen-bond acceptors (Lipinski definition) is 2. The number of rotatable bonds is 4. The van der Waals surface area contributed by atoms with E-state index in [1.54, 1.807) is 5.56 Å². The quantitative estimate of drug-likeness (QED) is 0.557. The highest BCUT2D eigenvalue weighted by molar-refractivity contribution is 5.27. The van der Waals surface area contributed by atoms with Crippen molar-refractivity contribution in [2.24, 2.45) is 0 Å². The third kappa shape index (κ3) is 7.53. The molecule has 4 rings (SSSR count). The number of allylic oxidation sites excluding steroid dienone is 4. The Kier molecular flexibility index (Phi) is 9.66. The molecule has 1 saturated heterocycles. The summed E-state index contributed by atoms with van der Waals surface area (Å²) in [6.07, 6.45) is 19.5. The van der Waals surface area contributed by atoms with Crippen molar-refractivity contribution in [3.05, 3.63) is 71.8 Å². The van der Waals surface area contributed by atoms with Crippen LogP contribution in [-0.2, 0) is 5.41 Å². The molecule has 2 heterocycles. The molecular weight excluding hydrogens is 376 g/mol. The minimum Gasteiger partial charge on any atom is -0.306 e. The normalized spacial score (nSPS) is 25.2. The maximum Gasteiger partial charge on any atom is 0.0234 e. The van der Waals surface area contributed by atoms with Gasteiger partial charge < -0.3 is 4.90 Å². The summed E-state index contributed by atoms with van der Waals surface area (Å²) in [5.74, 6) is 6.39. The lowest BCUT2D eigenvalue weighted by Gasteiger charge is -2.40. The summed E-state index contributed by atoms with van der Waals surface area (Å²) in [5.41, 5.74) is 3.41. The first-order valence-electron chi connectivity index (χ1n) is 12.2. The van der Waals surface area contributed by atoms with Gasteiger partial charge in [0, 0.05) is 32.5 Å². The van der Waals surface area contributed by atoms with Gasteiger partial charge in [0.25, 0.3) is 0 Å². The predicted octanol–water partition coefficient (Wildman–Crippen LogP) is 5.98. The van der Waals surface area contributed by atoms with Gasteiger partial charge in [0.05, 0.1) is 0 Å². The maximum absolute atomic E-state index is 3.19. The van der Waals surface area contributed by atoms with E-state index in [0.29, 0.717) is 5.41 Å². The van der Waals surface area contributed by atoms with Gasteiger partial charge in [-0.15, -0.1) is 11.8 Å². The zero-order valence-corrected chi connectivity index (χ0v) is 19.7. The summed E-state index contributed by atoms with van der Waals surface area (Å²) < 4.78 is 0. The van der Waals surface area contributed by atoms with Crippen LogP contribution in [0.4, 0.5) is 0 Å². The van der Waals surface area contributed by atoms with Gasteiger partial charge in [-0.25, -0.2) is 0 Å². The molecule has 2 aliphatic heterocycles. The average molecular weight is 417 g/mol. The topological polar surface area (TPSA) is 6.48 Å². The molecule has 0 bridgehead atoms. The summed E-state index contributed by atoms with van der Waals surface area (Å²) in [6.45, 7) is 8.10. The third-order valence-electron chi connectivity index (χ3n) is 6.92. The van der Waals surface area contributed by atoms with Crippen LogP contribution < -0.4 is 0 Å². The van der Waals surface area contributed by atoms with E-state index in [1.165, 1.54) is 37.9 Å². The van der Waals surface area contributed by atoms with Gasteiger partial charge in [0.15, 0.2) is 0 Å². The van der Waals surface area contributed by atoms with Crippen LogP contribution in [0.25, 0.3) is 0 Å². The highest BCUT2D eigenvalue weighted by atomic mass is 15.1. The second kappa shape index (κ2) is 12.7. The lowest BCUT2D eigenvalue weighted by atomic mass is 9.71. The minimum absolute atomic E-state index is 0.452. The molecule has 0 aromatic heterocycles. The van der Waals surface area contributed by atoms with Crippen molar-refractivity contribution in [3.8, 4) is 11.8 Å². The molecule has 0 spiro atoms. The molecule has 0 unspecified atom stereocenters. The Morgan fingerprint density at radius 3 is 2.26 bits per heavy atom. The zero-order chi connectivity index (χ0) is 21.8. The number of piperidine rings is 1. The van der Waals surface area contributed by atoms with E-state index >= 15 is 0 Å². The summed E-state index contributed by atoms with van der Waals surface area (Å²) in [7, 11) is 2.23. The molecule has 0 saturated carbocycles. The van der Waals surface area contributed by atoms with E-state index < -0.39 is 0 Å². The Morgan fingerprint density at radius 1 is 0.903 bits per heavy atom. The van der Waals surface area contributed by atoms with Crippen molar-refractivity contribution in [3.63, 3.8) is 0 Å². The Bertz CT molecular complexity index is 786. The standard InChI is InChI=1S/C15H19N.C14H21N/c1-2-6-10-15(11-7-3-1)14-16-12-8-4-5-9-13-16;1-3-14(9-11-15(2)12-10-14)13-7-5-4-6-8-13/h2,6-7,10-11H,1,3,8-9,12-14H2;4-8H,3,9-12H2,1-2H3/b6-2-,11-7-,15-10+;. The van der Waals surface area contributed by atoms with E-state index in [4.69, 9.17) is 0 Å². The maximum atomic E-state index is 3.19. The number of benzene rings is 1. The Labute approximate surface area is 190 Å². The van der Waals surface area contributed by atoms with Crippen LogP contribution >= 0.6 is 0 Å². The third-order valence-corrected chi connectivity index (χ3v) is 6.92. The predicted molar refractivity (Wildman–Crippen MR) is 134 cm³/mol. The number of nitrogens with zero attached hydrogens (tertiary/aromatic N) is 2. The highest BCUT2D eigenvalue weighted by Crippen LogP contribution is 2.37. The summed E-state index contributed by atoms with van der Waals surface area (Å²) in [6, 6.07) is 11.1. The Morgan fingerprint density at radius 2 is 1.58 bits per heavy atom. The first kappa shape index (κ1) is 23.6. The molecule has 2 nitrogen and oxygen atoms in total. The Hall–Kier alpha value is -2.08. The summed E-state index contributed by atoms with van der Waals surface area (Å²) in [4.78, 5) is 4.93. The average Bonchev–Trinajstić information content (AvgIpc) is 3.06. The molecule has 0 N–H and O–H groups in total. The first-order valence-corrected chi connectivity index (χ1v) is 12.2. The van der Waals surface area contributed by atoms with E-state index in [1.807, 2.05) is 0 Å². The van der Waals surface area contributed by atoms with Gasteiger partial charge >= 0.3 is 0 Å². The fraction of sp³-hybridized carbons (Fsp3) is 0.517. The van der Waals surface area contributed by atoms with Crippen LogP contribution in [0.3, 0.4) is 0 Å². The van der Waals surface area contributed by atoms with Crippen molar-refractivity contribution in [1.29, 1.82) is 0 Å². The molecule has 3 aliphatic rings. The lowest BCUT2D eigenvalue weighted by molar-refractivity contribution is 0.182. The van der Waals surface area contributed by atoms with Crippen molar-refractivity contribution < 1.29 is 0 Å². The molecule has 0 radical (unpaired) electrons. The van der Waals surface area contributed by atoms with Crippen LogP contribution in [0.5, 0.6) is 0 Å². The fourth-order valence-electron chi connectivity index (χ4n) is 4.69. The molecule has 1 fully saturated rings. The van der Waals surface area contributed by atoms with Crippen molar-refractivity contribution in [2.75, 3.05) is 39.8 Å². The number of hydrogen-bond donors (Lipinski definition) is 0. The molecule has 1 aromatic carbocycles. The highest BCUT2D eigenvalue weighted by Gasteiger charge is 2.33. The molecule has 166 valence electrons. The lowest BCUT2D eigenvalue weighted by Crippen LogP contribution is -2.40. The molecular formula is C29H40N2. The van der Waals surface area contributed by atoms with Crippen LogP contribution in [-0.4, -0.2) is 49.6 Å². The van der Waals surface area contributed by atoms with Gasteiger partial charge in [-0.3, -0.25) is 4.90 Å². The van der Waals surface area contributed by atoms with Gasteiger partial charge in [-0.05, 0) is 68.8 Å². The van der Waals surface area contributed by atoms with Crippen molar-refractivity contribution in [1.82, 2.24) is 9.80 Å². The summed E-state index contributed by atoms with van der Waals surface area (Å²) in [5, 5.41) is 0. The Balaban J connectivity index is 0.000000176. The monoisotopic (exact) mass is 416 g/mol. The minimum atomic E-state index is 0.452. The van der Waals surface area contributed by atoms with Crippen molar-refractivity contribution >= 4 is 0 Å². The van der Waals surface area contributed by atoms with Gasteiger partial charge in [0.1, 0.15) is 0 Å². The first-order chi connectivity index (χ1) is 15.2. The molecule has 0 amide bonds. The molecule has 1 aliphatic carbocycles. The summed E-state index contributed by atoms with van der Waals surface area (Å²) >= 11 is 0. The SMILES string of the molecule is C1#CCCN(CC2=C/C=C\CC/C=C\2)CC1.CCC1(c2ccccc2)CCN(C)CC1. The molecule has 1 aromatic rings. The fourth-order valence-corrected chi connectivity index (χ4v) is 4.69. The van der Waals surface area contributed by atoms with Gasteiger partial charge in [-0.2, -0.15) is 0 Å². The molecule has 31 heavy (non-hydrogen) atoms. The van der Waals surface area contributed by atoms with E-state index in [9.17, 15) is 0 Å². The van der Waals surface area contributed by atoms with Crippen molar-refractivity contribution in [2.45, 2.75) is 57.3 Å². The van der Waals surface area contributed by atoms with E-state index in [0.717, 1.165) is 45.3 Å². The van der Waals surface area contributed by atoms with E-state index in [-0.39, 0.29) is 0 Å². The van der Waals surface area contributed by atoms with Gasteiger partial charge in [-0.1, -0.05) is 67.6 Å². The second-order valence-corrected chi connectivity index (χ2v) is 9.08. The molecule has 2 heteroatoms. The van der Waals surface area contributed by atoms with Gasteiger partial charge in [0.2, 0.25) is 0 Å².